The third-order valence-corrected chi connectivity index (χ3v) is 13.7. The Bertz CT molecular complexity index is 1590. The van der Waals surface area contributed by atoms with E-state index in [1.54, 1.807) is 0 Å². The number of hydrogen-bond donors (Lipinski definition) is 1. The number of allylic oxidation sites excluding steroid dienone is 15. The summed E-state index contributed by atoms with van der Waals surface area (Å²) < 4.78 is 30.2. The molecule has 3 unspecified atom stereocenters. The number of esters is 1. The van der Waals surface area contributed by atoms with E-state index >= 15 is 0 Å². The van der Waals surface area contributed by atoms with Crippen LogP contribution in [0.1, 0.15) is 245 Å². The lowest BCUT2D eigenvalue weighted by molar-refractivity contribution is -0.870. The minimum absolute atomic E-state index is 0.0368. The second-order valence-electron chi connectivity index (χ2n) is 21.1. The van der Waals surface area contributed by atoms with Gasteiger partial charge in [-0.05, 0) is 115 Å². The highest BCUT2D eigenvalue weighted by Crippen LogP contribution is 2.38. The van der Waals surface area contributed by atoms with Crippen LogP contribution in [0.5, 0.6) is 0 Å². The molecule has 3 atom stereocenters. The van der Waals surface area contributed by atoms with E-state index in [1.165, 1.54) is 103 Å². The molecule has 9 nitrogen and oxygen atoms in total. The zero-order valence-electron chi connectivity index (χ0n) is 48.5. The number of amides is 1. The van der Waals surface area contributed by atoms with Crippen molar-refractivity contribution in [3.8, 4) is 0 Å². The lowest BCUT2D eigenvalue weighted by Gasteiger charge is -2.30. The van der Waals surface area contributed by atoms with Crippen LogP contribution in [-0.4, -0.2) is 69.4 Å². The zero-order valence-corrected chi connectivity index (χ0v) is 49.4. The number of ether oxygens (including phenoxy) is 1. The molecule has 0 spiro atoms. The normalized spacial score (nSPS) is 14.4. The van der Waals surface area contributed by atoms with Crippen LogP contribution in [0.15, 0.2) is 97.2 Å². The summed E-state index contributed by atoms with van der Waals surface area (Å²) in [5.41, 5.74) is 0. The van der Waals surface area contributed by atoms with Crippen LogP contribution >= 0.6 is 7.82 Å². The fourth-order valence-electron chi connectivity index (χ4n) is 8.04. The number of hydrogen-bond acceptors (Lipinski definition) is 7. The van der Waals surface area contributed by atoms with Gasteiger partial charge in [0, 0.05) is 12.8 Å². The molecule has 0 aliphatic heterocycles. The lowest BCUT2D eigenvalue weighted by atomic mass is 10.1. The van der Waals surface area contributed by atoms with E-state index in [4.69, 9.17) is 13.8 Å². The first-order valence-electron chi connectivity index (χ1n) is 30.0. The van der Waals surface area contributed by atoms with Gasteiger partial charge in [0.25, 0.3) is 7.82 Å². The summed E-state index contributed by atoms with van der Waals surface area (Å²) in [6.45, 7) is 6.73. The molecule has 0 saturated heterocycles. The third-order valence-electron chi connectivity index (χ3n) is 12.7. The van der Waals surface area contributed by atoms with Crippen molar-refractivity contribution in [1.82, 2.24) is 5.32 Å². The van der Waals surface area contributed by atoms with Gasteiger partial charge in [-0.2, -0.15) is 0 Å². The largest absolute Gasteiger partial charge is 0.756 e. The molecule has 1 amide bonds. The van der Waals surface area contributed by atoms with Gasteiger partial charge >= 0.3 is 5.97 Å². The average molecular weight is 1050 g/mol. The van der Waals surface area contributed by atoms with Gasteiger partial charge < -0.3 is 28.5 Å². The molecule has 0 aliphatic rings. The Hall–Kier alpha value is -3.07. The van der Waals surface area contributed by atoms with Gasteiger partial charge in [-0.15, -0.1) is 0 Å². The van der Waals surface area contributed by atoms with E-state index in [9.17, 15) is 19.0 Å². The van der Waals surface area contributed by atoms with E-state index in [-0.39, 0.29) is 31.3 Å². The molecule has 74 heavy (non-hydrogen) atoms. The Labute approximate surface area is 456 Å². The van der Waals surface area contributed by atoms with Gasteiger partial charge in [-0.25, -0.2) is 0 Å². The van der Waals surface area contributed by atoms with Gasteiger partial charge in [0.2, 0.25) is 5.91 Å². The van der Waals surface area contributed by atoms with Crippen LogP contribution in [0, 0.1) is 0 Å². The van der Waals surface area contributed by atoms with Crippen molar-refractivity contribution in [2.24, 2.45) is 0 Å². The highest BCUT2D eigenvalue weighted by atomic mass is 31.2. The number of carbonyl (C=O) groups is 2. The predicted molar refractivity (Wildman–Crippen MR) is 316 cm³/mol. The van der Waals surface area contributed by atoms with Crippen LogP contribution in [0.2, 0.25) is 0 Å². The summed E-state index contributed by atoms with van der Waals surface area (Å²) in [6.07, 6.45) is 70.8. The summed E-state index contributed by atoms with van der Waals surface area (Å²) in [7, 11) is 1.14. The standard InChI is InChI=1S/C64H113N2O7P/c1-7-10-13-16-19-22-25-28-30-32-33-35-37-39-42-45-48-51-54-57-64(68)73-62(55-52-49-46-43-40-27-24-21-18-15-12-9-3)61(60-72-74(69,70)71-59-58-66(4,5)6)65-63(67)56-53-50-47-44-41-38-36-34-31-29-26-23-20-17-14-11-8-2/h19-20,22-23,28-31,33,35-36,38-39,42,52,55,61-62H,7-18,21,24-27,32,34,37,40-41,43-51,53-54,56-60H2,1-6H3,(H-,65,67,69,70)/b22-19-,23-20-,30-28-,31-29-,35-33-,38-36-,42-39-,55-52+. The van der Waals surface area contributed by atoms with Crippen molar-refractivity contribution < 1.29 is 37.3 Å². The molecule has 0 bridgehead atoms. The fraction of sp³-hybridized carbons (Fsp3) is 0.719. The lowest BCUT2D eigenvalue weighted by Crippen LogP contribution is -2.47. The van der Waals surface area contributed by atoms with E-state index in [0.717, 1.165) is 96.3 Å². The van der Waals surface area contributed by atoms with E-state index in [1.807, 2.05) is 33.3 Å². The molecule has 426 valence electrons. The molecule has 0 heterocycles. The van der Waals surface area contributed by atoms with Crippen molar-refractivity contribution in [3.05, 3.63) is 97.2 Å². The van der Waals surface area contributed by atoms with Crippen molar-refractivity contribution in [2.45, 2.75) is 258 Å². The Morgan fingerprint density at radius 2 is 0.824 bits per heavy atom. The number of nitrogens with zero attached hydrogens (tertiary/aromatic N) is 1. The van der Waals surface area contributed by atoms with E-state index in [0.29, 0.717) is 23.9 Å². The Morgan fingerprint density at radius 1 is 0.473 bits per heavy atom. The van der Waals surface area contributed by atoms with Crippen LogP contribution in [0.3, 0.4) is 0 Å². The van der Waals surface area contributed by atoms with Gasteiger partial charge in [-0.3, -0.25) is 14.2 Å². The third kappa shape index (κ3) is 53.7. The molecular formula is C64H113N2O7P. The summed E-state index contributed by atoms with van der Waals surface area (Å²) in [5.74, 6) is -0.607. The number of phosphoric ester groups is 1. The number of quaternary nitrogens is 1. The maximum Gasteiger partial charge on any atom is 0.306 e. The first-order chi connectivity index (χ1) is 35.9. The second-order valence-corrected chi connectivity index (χ2v) is 22.6. The van der Waals surface area contributed by atoms with E-state index in [2.05, 4.69) is 111 Å². The monoisotopic (exact) mass is 1050 g/mol. The molecule has 0 aromatic rings. The van der Waals surface area contributed by atoms with Crippen molar-refractivity contribution in [3.63, 3.8) is 0 Å². The summed E-state index contributed by atoms with van der Waals surface area (Å²) in [6, 6.07) is -0.918. The average Bonchev–Trinajstić information content (AvgIpc) is 3.36. The topological polar surface area (TPSA) is 114 Å². The Kier molecular flexibility index (Phi) is 51.1. The highest BCUT2D eigenvalue weighted by molar-refractivity contribution is 7.45. The van der Waals surface area contributed by atoms with E-state index < -0.39 is 26.6 Å². The van der Waals surface area contributed by atoms with Crippen molar-refractivity contribution in [2.75, 3.05) is 40.9 Å². The van der Waals surface area contributed by atoms with Gasteiger partial charge in [-0.1, -0.05) is 215 Å². The molecule has 0 rings (SSSR count). The quantitative estimate of drug-likeness (QED) is 0.0212. The summed E-state index contributed by atoms with van der Waals surface area (Å²) >= 11 is 0. The second kappa shape index (κ2) is 53.3. The fourth-order valence-corrected chi connectivity index (χ4v) is 8.76. The van der Waals surface area contributed by atoms with Gasteiger partial charge in [0.05, 0.1) is 33.8 Å². The minimum Gasteiger partial charge on any atom is -0.756 e. The zero-order chi connectivity index (χ0) is 54.3. The number of phosphoric acid groups is 1. The summed E-state index contributed by atoms with van der Waals surface area (Å²) in [4.78, 5) is 39.9. The Balaban J connectivity index is 5.42. The van der Waals surface area contributed by atoms with Crippen LogP contribution < -0.4 is 10.2 Å². The first-order valence-corrected chi connectivity index (χ1v) is 31.5. The number of rotatable bonds is 53. The molecular weight excluding hydrogens is 940 g/mol. The SMILES string of the molecule is CCCCC/C=C\C/C=C\C/C=C\C/C=C\CCCCCC(=O)OC(/C=C/CCCCCCCCCCCC)C(COP(=O)([O-])OCC[N+](C)(C)C)NC(=O)CCCCCC/C=C\C/C=C\C/C=C\CCCCC. The van der Waals surface area contributed by atoms with Crippen molar-refractivity contribution in [1.29, 1.82) is 0 Å². The number of nitrogens with one attached hydrogen (secondary N) is 1. The highest BCUT2D eigenvalue weighted by Gasteiger charge is 2.27. The molecule has 0 saturated carbocycles. The van der Waals surface area contributed by atoms with Crippen molar-refractivity contribution >= 4 is 19.7 Å². The number of unbranched alkanes of at least 4 members (excludes halogenated alkanes) is 23. The van der Waals surface area contributed by atoms with Crippen LogP contribution in [0.25, 0.3) is 0 Å². The van der Waals surface area contributed by atoms with Gasteiger partial charge in [0.15, 0.2) is 0 Å². The Morgan fingerprint density at radius 3 is 1.27 bits per heavy atom. The minimum atomic E-state index is -4.72. The molecule has 0 aromatic carbocycles. The molecule has 10 heteroatoms. The maximum atomic E-state index is 13.5. The smallest absolute Gasteiger partial charge is 0.306 e. The molecule has 0 fully saturated rings. The molecule has 0 radical (unpaired) electrons. The number of carbonyl (C=O) groups excluding carboxylic acids is 2. The van der Waals surface area contributed by atoms with Crippen LogP contribution in [-0.2, 0) is 27.9 Å². The predicted octanol–water partition coefficient (Wildman–Crippen LogP) is 17.8. The summed E-state index contributed by atoms with van der Waals surface area (Å²) in [5, 5.41) is 3.00. The molecule has 0 aromatic heterocycles. The number of likely N-dealkylation sites (N-methyl/N-ethyl adjacent to an activating group) is 1. The molecule has 1 N–H and O–H groups in total. The maximum absolute atomic E-state index is 13.5. The van der Waals surface area contributed by atoms with Gasteiger partial charge in [0.1, 0.15) is 19.3 Å². The molecule has 0 aliphatic carbocycles. The first kappa shape index (κ1) is 70.9. The van der Waals surface area contributed by atoms with Crippen LogP contribution in [0.4, 0.5) is 0 Å².